The van der Waals surface area contributed by atoms with Crippen molar-refractivity contribution in [2.75, 3.05) is 0 Å². The van der Waals surface area contributed by atoms with Crippen LogP contribution in [0.3, 0.4) is 0 Å². The van der Waals surface area contributed by atoms with Crippen LogP contribution in [0.25, 0.3) is 0 Å². The Hall–Kier alpha value is 0.628. The Balaban J connectivity index is 0.00000200. The van der Waals surface area contributed by atoms with Gasteiger partial charge >= 0.3 is 140 Å². The first-order chi connectivity index (χ1) is 8.69. The molecule has 2 rings (SSSR count). The predicted octanol–water partition coefficient (Wildman–Crippen LogP) is 5.37. The van der Waals surface area contributed by atoms with Crippen LogP contribution in [0.15, 0.2) is 38.3 Å². The van der Waals surface area contributed by atoms with Gasteiger partial charge in [-0.2, -0.15) is 0 Å². The molecular formula is C16H27LuSi2-. The second-order valence-electron chi connectivity index (χ2n) is 7.27. The number of rotatable bonds is 4. The van der Waals surface area contributed by atoms with Crippen LogP contribution in [0.5, 0.6) is 0 Å². The fourth-order valence-corrected chi connectivity index (χ4v) is 11.5. The Morgan fingerprint density at radius 3 is 1.47 bits per heavy atom. The van der Waals surface area contributed by atoms with Gasteiger partial charge in [-0.15, -0.1) is 0 Å². The van der Waals surface area contributed by atoms with Crippen molar-refractivity contribution in [3.05, 3.63) is 38.3 Å². The van der Waals surface area contributed by atoms with Crippen LogP contribution >= 0.6 is 0 Å². The van der Waals surface area contributed by atoms with Crippen molar-refractivity contribution in [1.82, 2.24) is 0 Å². The summed E-state index contributed by atoms with van der Waals surface area (Å²) in [5, 5.41) is 3.46. The van der Waals surface area contributed by atoms with Crippen LogP contribution in [-0.2, 0) is 0 Å². The van der Waals surface area contributed by atoms with Gasteiger partial charge in [0, 0.05) is 0 Å². The van der Waals surface area contributed by atoms with Crippen LogP contribution in [0, 0.1) is 33.0 Å². The summed E-state index contributed by atoms with van der Waals surface area (Å²) in [6, 6.07) is 0. The molecular weight excluding hydrogens is 423 g/mol. The molecule has 0 radical (unpaired) electrons. The Morgan fingerprint density at radius 1 is 0.789 bits per heavy atom. The number of hydrogen-bond acceptors (Lipinski definition) is 0. The third-order valence-corrected chi connectivity index (χ3v) is 10.9. The van der Waals surface area contributed by atoms with E-state index in [0.29, 0.717) is 0 Å². The first kappa shape index (κ1) is 16.0. The maximum atomic E-state index is 2.48. The molecule has 0 atom stereocenters. The van der Waals surface area contributed by atoms with Gasteiger partial charge in [0.25, 0.3) is 0 Å². The molecule has 0 spiro atoms. The average molecular weight is 451 g/mol. The molecule has 0 aromatic carbocycles. The normalized spacial score (nSPS) is 20.3. The molecule has 0 saturated heterocycles. The van der Waals surface area contributed by atoms with Gasteiger partial charge < -0.3 is 1.43 Å². The summed E-state index contributed by atoms with van der Waals surface area (Å²) in [4.78, 5) is 0. The first-order valence-corrected chi connectivity index (χ1v) is 15.7. The summed E-state index contributed by atoms with van der Waals surface area (Å²) in [6.45, 7) is 14.9. The number of allylic oxidation sites excluding steroid dienone is 8. The van der Waals surface area contributed by atoms with Crippen LogP contribution in [-0.4, -0.2) is 16.1 Å². The number of hydrogen-bond donors (Lipinski definition) is 0. The Bertz CT molecular complexity index is 454. The van der Waals surface area contributed by atoms with E-state index in [2.05, 4.69) is 63.6 Å². The SMILES string of the molecule is C[Si](C)(C)C1=[C]([Lu][C]2=C([Si](C)(C)C)C=CC2)CC=C1.[H-]. The van der Waals surface area contributed by atoms with E-state index in [9.17, 15) is 0 Å². The van der Waals surface area contributed by atoms with Crippen molar-refractivity contribution >= 4 is 16.1 Å². The molecule has 0 aromatic rings. The van der Waals surface area contributed by atoms with E-state index < -0.39 is 16.1 Å². The van der Waals surface area contributed by atoms with E-state index in [0.717, 1.165) is 33.0 Å². The zero-order valence-corrected chi connectivity index (χ0v) is 16.6. The third kappa shape index (κ3) is 3.84. The maximum absolute atomic E-state index is 2.48. The molecule has 19 heavy (non-hydrogen) atoms. The summed E-state index contributed by atoms with van der Waals surface area (Å²) < 4.78 is 3.52. The maximum Gasteiger partial charge on any atom is -1.00 e. The summed E-state index contributed by atoms with van der Waals surface area (Å²) in [5.41, 5.74) is 0. The fourth-order valence-electron chi connectivity index (χ4n) is 2.35. The first-order valence-electron chi connectivity index (χ1n) is 7.03. The molecule has 2 aliphatic carbocycles. The Labute approximate surface area is 140 Å². The standard InChI is InChI=1S/2C8H13Si.Lu.H/c2*1-9(2,3)8-6-4-5-7-8;;/h2*4,6H,5H2,1-3H3;;/q;;;-1. The molecule has 0 amide bonds. The van der Waals surface area contributed by atoms with Gasteiger partial charge in [-0.25, -0.2) is 0 Å². The van der Waals surface area contributed by atoms with E-state index in [1.54, 1.807) is 14.0 Å². The molecule has 0 aromatic heterocycles. The van der Waals surface area contributed by atoms with Gasteiger partial charge in [-0.1, -0.05) is 0 Å². The topological polar surface area (TPSA) is 0 Å². The van der Waals surface area contributed by atoms with Gasteiger partial charge in [0.1, 0.15) is 0 Å². The Kier molecular flexibility index (Phi) is 4.87. The molecule has 0 bridgehead atoms. The van der Waals surface area contributed by atoms with Gasteiger partial charge in [0.15, 0.2) is 0 Å². The fraction of sp³-hybridized carbons (Fsp3) is 0.500. The van der Waals surface area contributed by atoms with Crippen LogP contribution in [0.4, 0.5) is 0 Å². The molecule has 115 valence electrons. The summed E-state index contributed by atoms with van der Waals surface area (Å²) in [7, 11) is -2.31. The van der Waals surface area contributed by atoms with Crippen LogP contribution < -0.4 is 0 Å². The van der Waals surface area contributed by atoms with E-state index in [1.165, 1.54) is 12.8 Å². The van der Waals surface area contributed by atoms with Crippen molar-refractivity contribution in [1.29, 1.82) is 0 Å². The predicted molar refractivity (Wildman–Crippen MR) is 89.4 cm³/mol. The second-order valence-corrected chi connectivity index (χ2v) is 19.8. The van der Waals surface area contributed by atoms with E-state index in [-0.39, 0.29) is 1.43 Å². The molecule has 0 fully saturated rings. The van der Waals surface area contributed by atoms with Gasteiger partial charge in [0.2, 0.25) is 0 Å². The van der Waals surface area contributed by atoms with Gasteiger partial charge in [-0.3, -0.25) is 0 Å². The smallest absolute Gasteiger partial charge is 1.00 e. The summed E-state index contributed by atoms with van der Waals surface area (Å²) in [6.07, 6.45) is 12.1. The van der Waals surface area contributed by atoms with Gasteiger partial charge in [-0.05, 0) is 0 Å². The van der Waals surface area contributed by atoms with Crippen molar-refractivity contribution in [3.63, 3.8) is 0 Å². The molecule has 0 heterocycles. The van der Waals surface area contributed by atoms with Crippen molar-refractivity contribution in [3.8, 4) is 0 Å². The van der Waals surface area contributed by atoms with E-state index >= 15 is 0 Å². The molecule has 0 N–H and O–H groups in total. The average Bonchev–Trinajstić information content (AvgIpc) is 2.83. The molecule has 0 aliphatic heterocycles. The quantitative estimate of drug-likeness (QED) is 0.506. The van der Waals surface area contributed by atoms with E-state index in [4.69, 9.17) is 0 Å². The zero-order chi connectivity index (χ0) is 14.3. The summed E-state index contributed by atoms with van der Waals surface area (Å²) >= 11 is 0.809. The minimum absolute atomic E-state index is 0. The molecule has 0 unspecified atom stereocenters. The molecule has 2 aliphatic rings. The Morgan fingerprint density at radius 2 is 1.16 bits per heavy atom. The van der Waals surface area contributed by atoms with E-state index in [1.807, 2.05) is 0 Å². The molecule has 3 heteroatoms. The molecule has 0 nitrogen and oxygen atoms in total. The van der Waals surface area contributed by atoms with Gasteiger partial charge in [0.05, 0.1) is 0 Å². The van der Waals surface area contributed by atoms with Crippen molar-refractivity contribution in [2.45, 2.75) is 52.1 Å². The van der Waals surface area contributed by atoms with Crippen molar-refractivity contribution in [2.24, 2.45) is 0 Å². The third-order valence-electron chi connectivity index (χ3n) is 3.41. The second kappa shape index (κ2) is 5.79. The van der Waals surface area contributed by atoms with Crippen LogP contribution in [0.2, 0.25) is 39.3 Å². The zero-order valence-electron chi connectivity index (χ0n) is 14.0. The largest absolute Gasteiger partial charge is 1.00 e. The minimum atomic E-state index is -1.16. The molecule has 0 saturated carbocycles. The monoisotopic (exact) mass is 450 g/mol. The van der Waals surface area contributed by atoms with Crippen LogP contribution in [0.1, 0.15) is 14.3 Å². The van der Waals surface area contributed by atoms with Crippen molar-refractivity contribution < 1.29 is 34.5 Å². The summed E-state index contributed by atoms with van der Waals surface area (Å²) in [5.74, 6) is 0. The minimum Gasteiger partial charge on any atom is -1.00 e.